The molecular formula is C24H21N2O4+. The van der Waals surface area contributed by atoms with E-state index in [-0.39, 0.29) is 5.63 Å². The highest BCUT2D eigenvalue weighted by Gasteiger charge is 2.25. The molecule has 150 valence electrons. The van der Waals surface area contributed by atoms with Crippen molar-refractivity contribution >= 4 is 11.0 Å². The number of aromatic nitrogens is 1. The minimum absolute atomic E-state index is 0.374. The zero-order valence-corrected chi connectivity index (χ0v) is 16.6. The van der Waals surface area contributed by atoms with E-state index in [1.807, 2.05) is 48.7 Å². The largest absolute Gasteiger partial charge is 0.497 e. The van der Waals surface area contributed by atoms with Crippen molar-refractivity contribution in [3.63, 3.8) is 0 Å². The van der Waals surface area contributed by atoms with Crippen LogP contribution in [0.25, 0.3) is 22.1 Å². The third kappa shape index (κ3) is 3.42. The molecule has 30 heavy (non-hydrogen) atoms. The first kappa shape index (κ1) is 18.4. The standard InChI is InChI=1S/C24H20N2O4/c1-28-18-6-4-17(5-7-18)20-11-23(27)30-24-19(20)8-9-22-21(24)14-26(15-29-22)13-16-3-2-10-25-12-16/h2-12H,13-15H2,1H3/p+1. The van der Waals surface area contributed by atoms with Crippen LogP contribution in [-0.2, 0) is 13.1 Å². The number of ether oxygens (including phenoxy) is 2. The SMILES string of the molecule is COc1ccc(-c2cc(=O)oc3c4c(ccc23)OC[NH+](Cc2cccnc2)C4)cc1. The third-order valence-corrected chi connectivity index (χ3v) is 5.41. The van der Waals surface area contributed by atoms with Gasteiger partial charge in [0.05, 0.1) is 12.7 Å². The highest BCUT2D eigenvalue weighted by molar-refractivity contribution is 5.95. The zero-order chi connectivity index (χ0) is 20.5. The predicted molar refractivity (Wildman–Crippen MR) is 113 cm³/mol. The number of hydrogen-bond donors (Lipinski definition) is 1. The molecule has 5 rings (SSSR count). The van der Waals surface area contributed by atoms with E-state index < -0.39 is 0 Å². The number of pyridine rings is 1. The van der Waals surface area contributed by atoms with Crippen molar-refractivity contribution in [1.29, 1.82) is 0 Å². The molecule has 2 aromatic heterocycles. The summed E-state index contributed by atoms with van der Waals surface area (Å²) >= 11 is 0. The fraction of sp³-hybridized carbons (Fsp3) is 0.167. The number of quaternary nitrogens is 1. The summed E-state index contributed by atoms with van der Waals surface area (Å²) in [6.45, 7) is 2.04. The number of methoxy groups -OCH3 is 1. The Balaban J connectivity index is 1.57. The van der Waals surface area contributed by atoms with E-state index in [0.717, 1.165) is 45.7 Å². The number of nitrogens with zero attached hydrogens (tertiary/aromatic N) is 1. The van der Waals surface area contributed by atoms with Crippen LogP contribution in [0.3, 0.4) is 0 Å². The summed E-state index contributed by atoms with van der Waals surface area (Å²) in [5, 5.41) is 0.893. The van der Waals surface area contributed by atoms with E-state index >= 15 is 0 Å². The van der Waals surface area contributed by atoms with E-state index in [9.17, 15) is 4.79 Å². The van der Waals surface area contributed by atoms with Crippen LogP contribution < -0.4 is 20.0 Å². The summed E-state index contributed by atoms with van der Waals surface area (Å²) in [4.78, 5) is 17.8. The van der Waals surface area contributed by atoms with E-state index in [4.69, 9.17) is 13.9 Å². The fourth-order valence-electron chi connectivity index (χ4n) is 3.96. The topological polar surface area (TPSA) is 66.0 Å². The van der Waals surface area contributed by atoms with Crippen molar-refractivity contribution in [3.8, 4) is 22.6 Å². The van der Waals surface area contributed by atoms with Crippen molar-refractivity contribution in [2.45, 2.75) is 13.1 Å². The molecule has 6 heteroatoms. The number of hydrogen-bond acceptors (Lipinski definition) is 5. The van der Waals surface area contributed by atoms with Gasteiger partial charge in [-0.3, -0.25) is 9.88 Å². The van der Waals surface area contributed by atoms with Crippen LogP contribution in [0.4, 0.5) is 0 Å². The van der Waals surface area contributed by atoms with E-state index in [1.165, 1.54) is 4.90 Å². The van der Waals surface area contributed by atoms with E-state index in [1.54, 1.807) is 19.4 Å². The van der Waals surface area contributed by atoms with Crippen LogP contribution in [0.1, 0.15) is 11.1 Å². The van der Waals surface area contributed by atoms with Gasteiger partial charge in [-0.05, 0) is 41.5 Å². The van der Waals surface area contributed by atoms with Gasteiger partial charge in [-0.2, -0.15) is 0 Å². The molecule has 3 heterocycles. The molecular weight excluding hydrogens is 380 g/mol. The highest BCUT2D eigenvalue weighted by atomic mass is 16.5. The molecule has 1 unspecified atom stereocenters. The molecule has 0 saturated heterocycles. The smallest absolute Gasteiger partial charge is 0.336 e. The van der Waals surface area contributed by atoms with Gasteiger partial charge in [0, 0.05) is 29.4 Å². The van der Waals surface area contributed by atoms with Gasteiger partial charge >= 0.3 is 5.63 Å². The molecule has 1 aliphatic heterocycles. The van der Waals surface area contributed by atoms with Crippen molar-refractivity contribution in [3.05, 3.63) is 88.5 Å². The fourth-order valence-corrected chi connectivity index (χ4v) is 3.96. The average Bonchev–Trinajstić information content (AvgIpc) is 2.79. The highest BCUT2D eigenvalue weighted by Crippen LogP contribution is 2.34. The molecule has 0 amide bonds. The van der Waals surface area contributed by atoms with Crippen LogP contribution in [-0.4, -0.2) is 18.8 Å². The van der Waals surface area contributed by atoms with Gasteiger partial charge in [-0.25, -0.2) is 4.79 Å². The number of nitrogens with one attached hydrogen (secondary N) is 1. The Hall–Kier alpha value is -3.64. The second-order valence-corrected chi connectivity index (χ2v) is 7.38. The average molecular weight is 401 g/mol. The van der Waals surface area contributed by atoms with Crippen LogP contribution in [0, 0.1) is 0 Å². The van der Waals surface area contributed by atoms with Gasteiger partial charge in [0.15, 0.2) is 5.58 Å². The van der Waals surface area contributed by atoms with E-state index in [0.29, 0.717) is 18.9 Å². The maximum Gasteiger partial charge on any atom is 0.336 e. The maximum atomic E-state index is 12.4. The molecule has 2 aromatic carbocycles. The molecule has 0 fully saturated rings. The zero-order valence-electron chi connectivity index (χ0n) is 16.6. The molecule has 1 atom stereocenters. The second-order valence-electron chi connectivity index (χ2n) is 7.38. The number of fused-ring (bicyclic) bond motifs is 3. The Kier molecular flexibility index (Phi) is 4.69. The van der Waals surface area contributed by atoms with Crippen molar-refractivity contribution in [2.75, 3.05) is 13.8 Å². The summed E-state index contributed by atoms with van der Waals surface area (Å²) in [5.41, 5.74) is 4.05. The number of rotatable bonds is 4. The normalized spacial score (nSPS) is 15.4. The van der Waals surface area contributed by atoms with E-state index in [2.05, 4.69) is 11.1 Å². The monoisotopic (exact) mass is 401 g/mol. The summed E-state index contributed by atoms with van der Waals surface area (Å²) in [6.07, 6.45) is 3.64. The lowest BCUT2D eigenvalue weighted by atomic mass is 9.99. The predicted octanol–water partition coefficient (Wildman–Crippen LogP) is 2.80. The molecule has 0 saturated carbocycles. The minimum Gasteiger partial charge on any atom is -0.497 e. The van der Waals surface area contributed by atoms with Crippen LogP contribution in [0.2, 0.25) is 0 Å². The van der Waals surface area contributed by atoms with Crippen LogP contribution in [0.15, 0.2) is 76.2 Å². The Morgan fingerprint density at radius 1 is 1.13 bits per heavy atom. The lowest BCUT2D eigenvalue weighted by Gasteiger charge is -2.26. The van der Waals surface area contributed by atoms with Gasteiger partial charge in [0.1, 0.15) is 24.6 Å². The van der Waals surface area contributed by atoms with Gasteiger partial charge < -0.3 is 13.9 Å². The summed E-state index contributed by atoms with van der Waals surface area (Å²) < 4.78 is 16.9. The molecule has 4 aromatic rings. The van der Waals surface area contributed by atoms with Gasteiger partial charge in [0.25, 0.3) is 0 Å². The summed E-state index contributed by atoms with van der Waals surface area (Å²) in [5.74, 6) is 1.54. The Morgan fingerprint density at radius 3 is 2.77 bits per heavy atom. The first-order valence-corrected chi connectivity index (χ1v) is 9.81. The molecule has 1 aliphatic rings. The van der Waals surface area contributed by atoms with Gasteiger partial charge in [-0.1, -0.05) is 18.2 Å². The first-order chi connectivity index (χ1) is 14.7. The quantitative estimate of drug-likeness (QED) is 0.533. The Labute approximate surface area is 173 Å². The third-order valence-electron chi connectivity index (χ3n) is 5.41. The molecule has 0 radical (unpaired) electrons. The van der Waals surface area contributed by atoms with Crippen LogP contribution in [0.5, 0.6) is 11.5 Å². The van der Waals surface area contributed by atoms with Crippen molar-refractivity contribution < 1.29 is 18.8 Å². The Bertz CT molecular complexity index is 1250. The molecule has 0 aliphatic carbocycles. The van der Waals surface area contributed by atoms with Gasteiger partial charge in [0.2, 0.25) is 6.73 Å². The first-order valence-electron chi connectivity index (χ1n) is 9.81. The Morgan fingerprint density at radius 2 is 2.00 bits per heavy atom. The molecule has 6 nitrogen and oxygen atoms in total. The van der Waals surface area contributed by atoms with Gasteiger partial charge in [-0.15, -0.1) is 0 Å². The lowest BCUT2D eigenvalue weighted by Crippen LogP contribution is -3.10. The second kappa shape index (κ2) is 7.65. The summed E-state index contributed by atoms with van der Waals surface area (Å²) in [7, 11) is 1.63. The maximum absolute atomic E-state index is 12.4. The van der Waals surface area contributed by atoms with Crippen LogP contribution >= 0.6 is 0 Å². The summed E-state index contributed by atoms with van der Waals surface area (Å²) in [6, 6.07) is 17.1. The lowest BCUT2D eigenvalue weighted by molar-refractivity contribution is -0.945. The number of benzene rings is 2. The molecule has 0 spiro atoms. The minimum atomic E-state index is -0.374. The molecule has 1 N–H and O–H groups in total. The van der Waals surface area contributed by atoms with Crippen molar-refractivity contribution in [1.82, 2.24) is 4.98 Å². The molecule has 0 bridgehead atoms. The van der Waals surface area contributed by atoms with Crippen molar-refractivity contribution in [2.24, 2.45) is 0 Å².